The summed E-state index contributed by atoms with van der Waals surface area (Å²) in [6.45, 7) is 7.63. The Bertz CT molecular complexity index is 229. The quantitative estimate of drug-likeness (QED) is 0.552. The number of β-amino-alcohol motifs (C(OH)–C–C–N with tert-alkyl or cyclic N) is 1. The maximum absolute atomic E-state index is 10.1. The number of hydrogen-bond donors (Lipinski definition) is 2. The molecule has 1 fully saturated rings. The summed E-state index contributed by atoms with van der Waals surface area (Å²) in [4.78, 5) is 2.41. The molecule has 5 nitrogen and oxygen atoms in total. The van der Waals surface area contributed by atoms with Crippen molar-refractivity contribution in [3.63, 3.8) is 0 Å². The van der Waals surface area contributed by atoms with E-state index in [1.807, 2.05) is 0 Å². The molecule has 0 amide bonds. The average molecular weight is 288 g/mol. The molecule has 0 bridgehead atoms. The maximum Gasteiger partial charge on any atom is 0.0900 e. The van der Waals surface area contributed by atoms with Crippen LogP contribution in [0.4, 0.5) is 0 Å². The van der Waals surface area contributed by atoms with Crippen LogP contribution in [0.2, 0.25) is 0 Å². The molecule has 1 aliphatic rings. The van der Waals surface area contributed by atoms with E-state index in [1.165, 1.54) is 25.7 Å². The summed E-state index contributed by atoms with van der Waals surface area (Å²) in [5.41, 5.74) is 0. The van der Waals surface area contributed by atoms with Gasteiger partial charge in [-0.05, 0) is 32.4 Å². The summed E-state index contributed by atoms with van der Waals surface area (Å²) in [5.74, 6) is 0. The predicted octanol–water partition coefficient (Wildman–Crippen LogP) is 0.864. The molecule has 2 N–H and O–H groups in total. The smallest absolute Gasteiger partial charge is 0.0900 e. The number of nitrogens with one attached hydrogen (secondary N) is 1. The van der Waals surface area contributed by atoms with Crippen molar-refractivity contribution in [1.82, 2.24) is 10.2 Å². The van der Waals surface area contributed by atoms with Crippen molar-refractivity contribution in [3.8, 4) is 0 Å². The third-order valence-electron chi connectivity index (χ3n) is 3.74. The number of aliphatic hydroxyl groups is 1. The van der Waals surface area contributed by atoms with E-state index >= 15 is 0 Å². The fraction of sp³-hybridized carbons (Fsp3) is 1.00. The third kappa shape index (κ3) is 7.55. The van der Waals surface area contributed by atoms with Crippen LogP contribution >= 0.6 is 0 Å². The molecule has 2 atom stereocenters. The molecule has 0 saturated carbocycles. The third-order valence-corrected chi connectivity index (χ3v) is 3.74. The number of aliphatic hydroxyl groups excluding tert-OH is 1. The van der Waals surface area contributed by atoms with Gasteiger partial charge in [-0.15, -0.1) is 0 Å². The normalized spacial score (nSPS) is 22.1. The van der Waals surface area contributed by atoms with Gasteiger partial charge in [-0.1, -0.05) is 13.3 Å². The standard InChI is InChI=1S/C15H32N2O3/c1-3-7-16-11-14-6-4-5-8-17(14)12-15(18)13-20-10-9-19-2/h14-16,18H,3-13H2,1-2H3. The molecule has 0 spiro atoms. The van der Waals surface area contributed by atoms with Crippen molar-refractivity contribution >= 4 is 0 Å². The Labute approximate surface area is 123 Å². The van der Waals surface area contributed by atoms with Crippen molar-refractivity contribution in [2.24, 2.45) is 0 Å². The second-order valence-corrected chi connectivity index (χ2v) is 5.57. The van der Waals surface area contributed by atoms with Gasteiger partial charge in [-0.3, -0.25) is 4.90 Å². The number of methoxy groups -OCH3 is 1. The van der Waals surface area contributed by atoms with Gasteiger partial charge >= 0.3 is 0 Å². The van der Waals surface area contributed by atoms with Crippen LogP contribution in [0.15, 0.2) is 0 Å². The van der Waals surface area contributed by atoms with Gasteiger partial charge in [0.1, 0.15) is 0 Å². The Kier molecular flexibility index (Phi) is 10.2. The highest BCUT2D eigenvalue weighted by Gasteiger charge is 2.23. The predicted molar refractivity (Wildman–Crippen MR) is 81.1 cm³/mol. The Morgan fingerprint density at radius 3 is 2.95 bits per heavy atom. The maximum atomic E-state index is 10.1. The molecule has 0 aromatic rings. The van der Waals surface area contributed by atoms with Crippen LogP contribution in [0.25, 0.3) is 0 Å². The summed E-state index contributed by atoms with van der Waals surface area (Å²) in [7, 11) is 1.65. The van der Waals surface area contributed by atoms with Gasteiger partial charge in [-0.25, -0.2) is 0 Å². The highest BCUT2D eigenvalue weighted by atomic mass is 16.5. The topological polar surface area (TPSA) is 54.0 Å². The first-order chi connectivity index (χ1) is 9.77. The average Bonchev–Trinajstić information content (AvgIpc) is 2.46. The minimum Gasteiger partial charge on any atom is -0.389 e. The second kappa shape index (κ2) is 11.5. The molecular weight excluding hydrogens is 256 g/mol. The van der Waals surface area contributed by atoms with Crippen LogP contribution in [0, 0.1) is 0 Å². The zero-order valence-corrected chi connectivity index (χ0v) is 13.1. The molecule has 1 aliphatic heterocycles. The van der Waals surface area contributed by atoms with Crippen LogP contribution in [0.3, 0.4) is 0 Å². The van der Waals surface area contributed by atoms with E-state index in [4.69, 9.17) is 9.47 Å². The molecule has 1 saturated heterocycles. The zero-order chi connectivity index (χ0) is 14.6. The lowest BCUT2D eigenvalue weighted by atomic mass is 10.0. The summed E-state index contributed by atoms with van der Waals surface area (Å²) in [5, 5.41) is 13.6. The second-order valence-electron chi connectivity index (χ2n) is 5.57. The van der Waals surface area contributed by atoms with Crippen molar-refractivity contribution < 1.29 is 14.6 Å². The van der Waals surface area contributed by atoms with Gasteiger partial charge in [0.15, 0.2) is 0 Å². The van der Waals surface area contributed by atoms with Gasteiger partial charge in [0.25, 0.3) is 0 Å². The molecule has 20 heavy (non-hydrogen) atoms. The van der Waals surface area contributed by atoms with E-state index in [9.17, 15) is 5.11 Å². The minimum atomic E-state index is -0.404. The molecule has 120 valence electrons. The van der Waals surface area contributed by atoms with E-state index in [0.717, 1.165) is 19.6 Å². The van der Waals surface area contributed by atoms with Crippen LogP contribution in [0.5, 0.6) is 0 Å². The van der Waals surface area contributed by atoms with Crippen molar-refractivity contribution in [3.05, 3.63) is 0 Å². The van der Waals surface area contributed by atoms with Crippen LogP contribution < -0.4 is 5.32 Å². The monoisotopic (exact) mass is 288 g/mol. The Morgan fingerprint density at radius 1 is 1.35 bits per heavy atom. The molecule has 1 heterocycles. The summed E-state index contributed by atoms with van der Waals surface area (Å²) in [6, 6.07) is 0.559. The van der Waals surface area contributed by atoms with E-state index < -0.39 is 6.10 Å². The first-order valence-corrected chi connectivity index (χ1v) is 7.97. The Balaban J connectivity index is 2.22. The van der Waals surface area contributed by atoms with E-state index in [0.29, 0.717) is 32.4 Å². The molecular formula is C15H32N2O3. The fourth-order valence-electron chi connectivity index (χ4n) is 2.66. The van der Waals surface area contributed by atoms with E-state index in [1.54, 1.807) is 7.11 Å². The van der Waals surface area contributed by atoms with Crippen molar-refractivity contribution in [2.45, 2.75) is 44.8 Å². The molecule has 0 radical (unpaired) electrons. The first kappa shape index (κ1) is 17.9. The van der Waals surface area contributed by atoms with Crippen LogP contribution in [-0.4, -0.2) is 75.3 Å². The van der Waals surface area contributed by atoms with Gasteiger partial charge < -0.3 is 19.9 Å². The molecule has 0 aliphatic carbocycles. The summed E-state index contributed by atoms with van der Waals surface area (Å²) in [6.07, 6.45) is 4.53. The molecule has 0 aromatic carbocycles. The highest BCUT2D eigenvalue weighted by Crippen LogP contribution is 2.16. The number of ether oxygens (including phenoxy) is 2. The van der Waals surface area contributed by atoms with E-state index in [2.05, 4.69) is 17.1 Å². The largest absolute Gasteiger partial charge is 0.389 e. The summed E-state index contributed by atoms with van der Waals surface area (Å²) >= 11 is 0. The zero-order valence-electron chi connectivity index (χ0n) is 13.1. The van der Waals surface area contributed by atoms with Crippen LogP contribution in [0.1, 0.15) is 32.6 Å². The number of hydrogen-bond acceptors (Lipinski definition) is 5. The van der Waals surface area contributed by atoms with Crippen molar-refractivity contribution in [1.29, 1.82) is 0 Å². The molecule has 0 aromatic heterocycles. The van der Waals surface area contributed by atoms with Gasteiger partial charge in [0.2, 0.25) is 0 Å². The fourth-order valence-corrected chi connectivity index (χ4v) is 2.66. The molecule has 5 heteroatoms. The SMILES string of the molecule is CCCNCC1CCCCN1CC(O)COCCOC. The number of nitrogens with zero attached hydrogens (tertiary/aromatic N) is 1. The van der Waals surface area contributed by atoms with Gasteiger partial charge in [0.05, 0.1) is 25.9 Å². The Hall–Kier alpha value is -0.200. The number of piperidine rings is 1. The summed E-state index contributed by atoms with van der Waals surface area (Å²) < 4.78 is 10.3. The van der Waals surface area contributed by atoms with Gasteiger partial charge in [-0.2, -0.15) is 0 Å². The lowest BCUT2D eigenvalue weighted by Crippen LogP contribution is -2.49. The van der Waals surface area contributed by atoms with Crippen LogP contribution in [-0.2, 0) is 9.47 Å². The lowest BCUT2D eigenvalue weighted by Gasteiger charge is -2.37. The number of rotatable bonds is 11. The highest BCUT2D eigenvalue weighted by molar-refractivity contribution is 4.80. The van der Waals surface area contributed by atoms with E-state index in [-0.39, 0.29) is 0 Å². The Morgan fingerprint density at radius 2 is 2.20 bits per heavy atom. The molecule has 2 unspecified atom stereocenters. The lowest BCUT2D eigenvalue weighted by molar-refractivity contribution is -0.0107. The first-order valence-electron chi connectivity index (χ1n) is 7.97. The van der Waals surface area contributed by atoms with Gasteiger partial charge in [0, 0.05) is 26.2 Å². The minimum absolute atomic E-state index is 0.398. The molecule has 1 rings (SSSR count). The van der Waals surface area contributed by atoms with Crippen molar-refractivity contribution in [2.75, 3.05) is 53.1 Å². The number of likely N-dealkylation sites (tertiary alicyclic amines) is 1.